The molecule has 1 aliphatic carbocycles. The van der Waals surface area contributed by atoms with Crippen molar-refractivity contribution in [2.24, 2.45) is 11.7 Å². The van der Waals surface area contributed by atoms with Crippen LogP contribution in [-0.2, 0) is 4.79 Å². The molecule has 0 aliphatic heterocycles. The Hall–Kier alpha value is -1.04. The fraction of sp³-hybridized carbons (Fsp3) is 0.700. The number of amides is 1. The lowest BCUT2D eigenvalue weighted by Crippen LogP contribution is -2.49. The first-order valence-electron chi connectivity index (χ1n) is 5.14. The summed E-state index contributed by atoms with van der Waals surface area (Å²) in [6, 6.07) is -0.897. The van der Waals surface area contributed by atoms with Crippen molar-refractivity contribution in [1.29, 1.82) is 0 Å². The number of halogens is 3. The fourth-order valence-corrected chi connectivity index (χ4v) is 1.85. The molecule has 3 N–H and O–H groups in total. The summed E-state index contributed by atoms with van der Waals surface area (Å²) in [7, 11) is 0. The molecule has 3 nitrogen and oxygen atoms in total. The third kappa shape index (κ3) is 4.22. The van der Waals surface area contributed by atoms with Gasteiger partial charge in [-0.25, -0.2) is 0 Å². The van der Waals surface area contributed by atoms with Gasteiger partial charge in [-0.2, -0.15) is 13.2 Å². The molecular weight excluding hydrogens is 221 g/mol. The number of alkyl halides is 3. The summed E-state index contributed by atoms with van der Waals surface area (Å²) in [6.45, 7) is -1.18. The van der Waals surface area contributed by atoms with Gasteiger partial charge < -0.3 is 5.73 Å². The minimum Gasteiger partial charge on any atom is -0.368 e. The summed E-state index contributed by atoms with van der Waals surface area (Å²) < 4.78 is 36.1. The number of nitrogens with one attached hydrogen (secondary N) is 1. The van der Waals surface area contributed by atoms with Crippen LogP contribution in [0.2, 0.25) is 0 Å². The Morgan fingerprint density at radius 1 is 1.50 bits per heavy atom. The highest BCUT2D eigenvalue weighted by Gasteiger charge is 2.32. The van der Waals surface area contributed by atoms with E-state index in [0.717, 1.165) is 6.42 Å². The van der Waals surface area contributed by atoms with Crippen LogP contribution in [0.25, 0.3) is 0 Å². The van der Waals surface area contributed by atoms with Gasteiger partial charge in [0.15, 0.2) is 0 Å². The van der Waals surface area contributed by atoms with Crippen LogP contribution in [-0.4, -0.2) is 24.7 Å². The molecule has 0 heterocycles. The zero-order valence-corrected chi connectivity index (χ0v) is 8.76. The summed E-state index contributed by atoms with van der Waals surface area (Å²) in [5.74, 6) is -0.852. The van der Waals surface area contributed by atoms with Crippen molar-refractivity contribution >= 4 is 5.91 Å². The lowest BCUT2D eigenvalue weighted by Gasteiger charge is -2.26. The van der Waals surface area contributed by atoms with Crippen molar-refractivity contribution in [2.75, 3.05) is 6.54 Å². The predicted molar refractivity (Wildman–Crippen MR) is 53.5 cm³/mol. The van der Waals surface area contributed by atoms with Crippen LogP contribution in [0.3, 0.4) is 0 Å². The van der Waals surface area contributed by atoms with Crippen molar-refractivity contribution < 1.29 is 18.0 Å². The van der Waals surface area contributed by atoms with Crippen LogP contribution in [0.1, 0.15) is 19.3 Å². The van der Waals surface area contributed by atoms with E-state index in [4.69, 9.17) is 5.73 Å². The normalized spacial score (nSPS) is 23.1. The molecule has 92 valence electrons. The molecule has 0 aromatic heterocycles. The van der Waals surface area contributed by atoms with Crippen LogP contribution in [0.5, 0.6) is 0 Å². The second kappa shape index (κ2) is 5.34. The van der Waals surface area contributed by atoms with E-state index in [9.17, 15) is 18.0 Å². The highest BCUT2D eigenvalue weighted by atomic mass is 19.4. The van der Waals surface area contributed by atoms with Crippen molar-refractivity contribution in [3.05, 3.63) is 12.2 Å². The molecular formula is C10H15F3N2O. The highest BCUT2D eigenvalue weighted by molar-refractivity contribution is 5.80. The van der Waals surface area contributed by atoms with E-state index in [1.165, 1.54) is 0 Å². The van der Waals surface area contributed by atoms with Crippen LogP contribution in [0.15, 0.2) is 12.2 Å². The van der Waals surface area contributed by atoms with Crippen molar-refractivity contribution in [2.45, 2.75) is 31.5 Å². The Morgan fingerprint density at radius 2 is 2.19 bits per heavy atom. The van der Waals surface area contributed by atoms with E-state index in [1.54, 1.807) is 0 Å². The maximum absolute atomic E-state index is 12.0. The molecule has 16 heavy (non-hydrogen) atoms. The van der Waals surface area contributed by atoms with Gasteiger partial charge in [0.25, 0.3) is 0 Å². The van der Waals surface area contributed by atoms with Gasteiger partial charge in [0.1, 0.15) is 0 Å². The number of hydrogen-bond donors (Lipinski definition) is 2. The average molecular weight is 236 g/mol. The summed E-state index contributed by atoms with van der Waals surface area (Å²) in [5.41, 5.74) is 5.10. The first kappa shape index (κ1) is 13.0. The number of hydrogen-bond acceptors (Lipinski definition) is 2. The summed E-state index contributed by atoms with van der Waals surface area (Å²) in [5, 5.41) is 2.20. The zero-order chi connectivity index (χ0) is 12.2. The van der Waals surface area contributed by atoms with Gasteiger partial charge in [-0.3, -0.25) is 10.1 Å². The van der Waals surface area contributed by atoms with Crippen LogP contribution in [0, 0.1) is 5.92 Å². The van der Waals surface area contributed by atoms with E-state index in [2.05, 4.69) is 5.32 Å². The number of carbonyl (C=O) groups is 1. The second-order valence-electron chi connectivity index (χ2n) is 3.92. The molecule has 0 aromatic carbocycles. The molecule has 6 heteroatoms. The summed E-state index contributed by atoms with van der Waals surface area (Å²) >= 11 is 0. The van der Waals surface area contributed by atoms with Gasteiger partial charge >= 0.3 is 6.18 Å². The molecule has 0 spiro atoms. The van der Waals surface area contributed by atoms with Gasteiger partial charge in [0.05, 0.1) is 12.6 Å². The average Bonchev–Trinajstić information content (AvgIpc) is 2.17. The van der Waals surface area contributed by atoms with Crippen molar-refractivity contribution in [3.63, 3.8) is 0 Å². The Bertz CT molecular complexity index is 276. The van der Waals surface area contributed by atoms with Crippen LogP contribution >= 0.6 is 0 Å². The van der Waals surface area contributed by atoms with Crippen LogP contribution in [0.4, 0.5) is 13.2 Å². The van der Waals surface area contributed by atoms with Crippen LogP contribution < -0.4 is 11.1 Å². The minimum atomic E-state index is -4.32. The highest BCUT2D eigenvalue weighted by Crippen LogP contribution is 2.22. The van der Waals surface area contributed by atoms with Crippen molar-refractivity contribution in [3.8, 4) is 0 Å². The fourth-order valence-electron chi connectivity index (χ4n) is 1.85. The SMILES string of the molecule is NC(=O)C(NCC(F)(F)F)C1CC=CCC1. The second-order valence-corrected chi connectivity index (χ2v) is 3.92. The maximum Gasteiger partial charge on any atom is 0.401 e. The molecule has 0 radical (unpaired) electrons. The molecule has 1 rings (SSSR count). The standard InChI is InChI=1S/C10H15F3N2O/c11-10(12,13)6-15-8(9(14)16)7-4-2-1-3-5-7/h1-2,7-8,15H,3-6H2,(H2,14,16). The van der Waals surface area contributed by atoms with E-state index in [1.807, 2.05) is 12.2 Å². The molecule has 0 saturated carbocycles. The monoisotopic (exact) mass is 236 g/mol. The smallest absolute Gasteiger partial charge is 0.368 e. The Kier molecular flexibility index (Phi) is 4.35. The molecule has 0 aromatic rings. The molecule has 0 saturated heterocycles. The Balaban J connectivity index is 2.54. The third-order valence-electron chi connectivity index (χ3n) is 2.61. The van der Waals surface area contributed by atoms with Gasteiger partial charge in [0, 0.05) is 0 Å². The van der Waals surface area contributed by atoms with E-state index >= 15 is 0 Å². The molecule has 1 aliphatic rings. The number of allylic oxidation sites excluding steroid dienone is 2. The molecule has 2 unspecified atom stereocenters. The van der Waals surface area contributed by atoms with Gasteiger partial charge in [-0.05, 0) is 25.2 Å². The van der Waals surface area contributed by atoms with E-state index in [0.29, 0.717) is 12.8 Å². The number of primary amides is 1. The Labute approximate surface area is 91.9 Å². The van der Waals surface area contributed by atoms with Gasteiger partial charge in [0.2, 0.25) is 5.91 Å². The third-order valence-corrected chi connectivity index (χ3v) is 2.61. The molecule has 1 amide bonds. The van der Waals surface area contributed by atoms with Gasteiger partial charge in [-0.15, -0.1) is 0 Å². The number of carbonyl (C=O) groups excluding carboxylic acids is 1. The minimum absolute atomic E-state index is 0.134. The van der Waals surface area contributed by atoms with E-state index in [-0.39, 0.29) is 5.92 Å². The summed E-state index contributed by atoms with van der Waals surface area (Å²) in [4.78, 5) is 11.1. The Morgan fingerprint density at radius 3 is 2.62 bits per heavy atom. The molecule has 0 fully saturated rings. The first-order valence-corrected chi connectivity index (χ1v) is 5.14. The number of nitrogens with two attached hydrogens (primary N) is 1. The quantitative estimate of drug-likeness (QED) is 0.724. The summed E-state index contributed by atoms with van der Waals surface area (Å²) in [6.07, 6.45) is 1.57. The lowest BCUT2D eigenvalue weighted by molar-refractivity contribution is -0.132. The lowest BCUT2D eigenvalue weighted by atomic mass is 9.87. The maximum atomic E-state index is 12.0. The predicted octanol–water partition coefficient (Wildman–Crippen LogP) is 1.35. The van der Waals surface area contributed by atoms with Crippen molar-refractivity contribution in [1.82, 2.24) is 5.32 Å². The first-order chi connectivity index (χ1) is 7.40. The number of rotatable bonds is 4. The molecule has 2 atom stereocenters. The van der Waals surface area contributed by atoms with Gasteiger partial charge in [-0.1, -0.05) is 12.2 Å². The zero-order valence-electron chi connectivity index (χ0n) is 8.76. The largest absolute Gasteiger partial charge is 0.401 e. The topological polar surface area (TPSA) is 55.1 Å². The molecule has 0 bridgehead atoms. The van der Waals surface area contributed by atoms with E-state index < -0.39 is 24.7 Å².